The van der Waals surface area contributed by atoms with Gasteiger partial charge in [0.2, 0.25) is 0 Å². The molecule has 2 N–H and O–H groups in total. The average molecular weight is 478 g/mol. The fraction of sp³-hybridized carbons (Fsp3) is 0.308. The molecule has 7 heteroatoms. The topological polar surface area (TPSA) is 63.2 Å². The highest BCUT2D eigenvalue weighted by Gasteiger charge is 2.41. The van der Waals surface area contributed by atoms with Crippen LogP contribution in [0.25, 0.3) is 20.8 Å². The van der Waals surface area contributed by atoms with E-state index in [2.05, 4.69) is 44.4 Å². The summed E-state index contributed by atoms with van der Waals surface area (Å²) in [4.78, 5) is 19.5. The summed E-state index contributed by atoms with van der Waals surface area (Å²) in [5, 5.41) is 8.75. The number of fused-ring (bicyclic) bond motifs is 2. The fourth-order valence-electron chi connectivity index (χ4n) is 4.82. The predicted octanol–water partition coefficient (Wildman–Crippen LogP) is 6.45. The second kappa shape index (κ2) is 7.94. The van der Waals surface area contributed by atoms with Crippen LogP contribution in [0.5, 0.6) is 5.75 Å². The third kappa shape index (κ3) is 3.94. The zero-order chi connectivity index (χ0) is 23.4. The molecule has 0 radical (unpaired) electrons. The molecule has 0 aliphatic carbocycles. The maximum absolute atomic E-state index is 13.3. The molecule has 5 rings (SSSR count). The number of thiophene rings is 1. The number of anilines is 1. The summed E-state index contributed by atoms with van der Waals surface area (Å²) < 4.78 is 6.56. The molecule has 2 aromatic carbocycles. The Bertz CT molecular complexity index is 1330. The molecule has 1 amide bonds. The number of hydrogen-bond donors (Lipinski definition) is 2. The Balaban J connectivity index is 1.68. The first kappa shape index (κ1) is 22.1. The highest BCUT2D eigenvalue weighted by molar-refractivity contribution is 7.23. The predicted molar refractivity (Wildman–Crippen MR) is 138 cm³/mol. The second-order valence-corrected chi connectivity index (χ2v) is 11.6. The maximum atomic E-state index is 13.3. The number of aromatic nitrogens is 1. The Morgan fingerprint density at radius 2 is 1.79 bits per heavy atom. The van der Waals surface area contributed by atoms with E-state index in [9.17, 15) is 4.79 Å². The van der Waals surface area contributed by atoms with Crippen LogP contribution >= 0.6 is 22.7 Å². The van der Waals surface area contributed by atoms with Crippen molar-refractivity contribution in [3.05, 3.63) is 64.5 Å². The fourth-order valence-corrected chi connectivity index (χ4v) is 7.21. The van der Waals surface area contributed by atoms with Crippen LogP contribution in [0.15, 0.2) is 48.5 Å². The van der Waals surface area contributed by atoms with Gasteiger partial charge in [-0.05, 0) is 63.9 Å². The van der Waals surface area contributed by atoms with E-state index in [1.54, 1.807) is 41.9 Å². The first-order valence-corrected chi connectivity index (χ1v) is 12.6. The number of carbonyl (C=O) groups is 1. The number of benzene rings is 2. The van der Waals surface area contributed by atoms with Crippen molar-refractivity contribution in [2.75, 3.05) is 12.4 Å². The van der Waals surface area contributed by atoms with E-state index >= 15 is 0 Å². The normalized spacial score (nSPS) is 16.4. The number of amides is 1. The van der Waals surface area contributed by atoms with Crippen LogP contribution in [-0.4, -0.2) is 23.5 Å². The SMILES string of the molecule is COc1ccccc1C(=O)Nc1sc2c(c1-c1nc3ccccc3s1)CC(C)(C)NC2(C)C. The summed E-state index contributed by atoms with van der Waals surface area (Å²) in [5.74, 6) is 0.374. The van der Waals surface area contributed by atoms with Crippen molar-refractivity contribution in [3.8, 4) is 16.3 Å². The monoisotopic (exact) mass is 477 g/mol. The van der Waals surface area contributed by atoms with E-state index in [0.29, 0.717) is 11.3 Å². The van der Waals surface area contributed by atoms with Gasteiger partial charge in [0.25, 0.3) is 5.91 Å². The Morgan fingerprint density at radius 1 is 1.06 bits per heavy atom. The van der Waals surface area contributed by atoms with Gasteiger partial charge in [-0.1, -0.05) is 24.3 Å². The molecule has 0 saturated carbocycles. The molecule has 0 saturated heterocycles. The number of carbonyl (C=O) groups excluding carboxylic acids is 1. The summed E-state index contributed by atoms with van der Waals surface area (Å²) in [6.45, 7) is 8.86. The van der Waals surface area contributed by atoms with Crippen LogP contribution in [-0.2, 0) is 12.0 Å². The molecule has 0 atom stereocenters. The molecule has 0 unspecified atom stereocenters. The number of thiazole rings is 1. The molecule has 3 heterocycles. The lowest BCUT2D eigenvalue weighted by atomic mass is 9.81. The Kier molecular flexibility index (Phi) is 5.31. The lowest BCUT2D eigenvalue weighted by Crippen LogP contribution is -2.54. The number of nitrogens with zero attached hydrogens (tertiary/aromatic N) is 1. The molecule has 170 valence electrons. The number of methoxy groups -OCH3 is 1. The van der Waals surface area contributed by atoms with Crippen molar-refractivity contribution < 1.29 is 9.53 Å². The molecule has 4 aromatic rings. The van der Waals surface area contributed by atoms with Crippen LogP contribution in [0.1, 0.15) is 48.5 Å². The lowest BCUT2D eigenvalue weighted by molar-refractivity contribution is 0.102. The van der Waals surface area contributed by atoms with Gasteiger partial charge in [0, 0.05) is 21.5 Å². The molecule has 2 aromatic heterocycles. The van der Waals surface area contributed by atoms with Crippen LogP contribution < -0.4 is 15.4 Å². The number of para-hydroxylation sites is 2. The number of hydrogen-bond acceptors (Lipinski definition) is 6. The molecule has 1 aliphatic rings. The molecular weight excluding hydrogens is 450 g/mol. The Hall–Kier alpha value is -2.74. The highest BCUT2D eigenvalue weighted by Crippen LogP contribution is 2.50. The molecule has 1 aliphatic heterocycles. The third-order valence-electron chi connectivity index (χ3n) is 5.93. The number of nitrogens with one attached hydrogen (secondary N) is 2. The largest absolute Gasteiger partial charge is 0.496 e. The van der Waals surface area contributed by atoms with Gasteiger partial charge in [-0.15, -0.1) is 22.7 Å². The van der Waals surface area contributed by atoms with Crippen LogP contribution in [0.3, 0.4) is 0 Å². The first-order chi connectivity index (χ1) is 15.7. The minimum Gasteiger partial charge on any atom is -0.496 e. The smallest absolute Gasteiger partial charge is 0.260 e. The van der Waals surface area contributed by atoms with E-state index < -0.39 is 0 Å². The van der Waals surface area contributed by atoms with Gasteiger partial charge in [0.1, 0.15) is 15.8 Å². The van der Waals surface area contributed by atoms with Crippen LogP contribution in [0.2, 0.25) is 0 Å². The van der Waals surface area contributed by atoms with Crippen LogP contribution in [0, 0.1) is 0 Å². The van der Waals surface area contributed by atoms with Crippen molar-refractivity contribution in [1.29, 1.82) is 0 Å². The van der Waals surface area contributed by atoms with Crippen molar-refractivity contribution in [2.45, 2.75) is 45.2 Å². The zero-order valence-corrected chi connectivity index (χ0v) is 21.0. The van der Waals surface area contributed by atoms with Gasteiger partial charge in [-0.25, -0.2) is 4.98 Å². The van der Waals surface area contributed by atoms with E-state index in [4.69, 9.17) is 9.72 Å². The summed E-state index contributed by atoms with van der Waals surface area (Å²) in [6, 6.07) is 15.5. The summed E-state index contributed by atoms with van der Waals surface area (Å²) in [6.07, 6.45) is 0.859. The lowest BCUT2D eigenvalue weighted by Gasteiger charge is -2.42. The van der Waals surface area contributed by atoms with Gasteiger partial charge in [0.05, 0.1) is 22.9 Å². The molecule has 5 nitrogen and oxygen atoms in total. The van der Waals surface area contributed by atoms with E-state index in [1.165, 1.54) is 10.4 Å². The van der Waals surface area contributed by atoms with E-state index in [0.717, 1.165) is 32.2 Å². The van der Waals surface area contributed by atoms with Crippen molar-refractivity contribution >= 4 is 43.8 Å². The minimum atomic E-state index is -0.222. The Labute approximate surface area is 201 Å². The molecule has 0 fully saturated rings. The van der Waals surface area contributed by atoms with E-state index in [1.807, 2.05) is 30.3 Å². The summed E-state index contributed by atoms with van der Waals surface area (Å²) in [5.41, 5.74) is 3.50. The third-order valence-corrected chi connectivity index (χ3v) is 8.46. The molecule has 33 heavy (non-hydrogen) atoms. The molecule has 0 bridgehead atoms. The second-order valence-electron chi connectivity index (χ2n) is 9.57. The van der Waals surface area contributed by atoms with Crippen LogP contribution in [0.4, 0.5) is 5.00 Å². The first-order valence-electron chi connectivity index (χ1n) is 10.9. The summed E-state index contributed by atoms with van der Waals surface area (Å²) in [7, 11) is 1.58. The van der Waals surface area contributed by atoms with Gasteiger partial charge in [-0.2, -0.15) is 0 Å². The van der Waals surface area contributed by atoms with Crippen molar-refractivity contribution in [1.82, 2.24) is 10.3 Å². The quantitative estimate of drug-likeness (QED) is 0.355. The Morgan fingerprint density at radius 3 is 2.55 bits per heavy atom. The van der Waals surface area contributed by atoms with Gasteiger partial charge in [-0.3, -0.25) is 4.79 Å². The molecular formula is C26H27N3O2S2. The van der Waals surface area contributed by atoms with Crippen molar-refractivity contribution in [3.63, 3.8) is 0 Å². The molecule has 0 spiro atoms. The zero-order valence-electron chi connectivity index (χ0n) is 19.4. The van der Waals surface area contributed by atoms with E-state index in [-0.39, 0.29) is 17.0 Å². The number of rotatable bonds is 4. The minimum absolute atomic E-state index is 0.0765. The van der Waals surface area contributed by atoms with Gasteiger partial charge >= 0.3 is 0 Å². The summed E-state index contributed by atoms with van der Waals surface area (Å²) >= 11 is 3.31. The van der Waals surface area contributed by atoms with Crippen molar-refractivity contribution in [2.24, 2.45) is 0 Å². The number of ether oxygens (including phenoxy) is 1. The van der Waals surface area contributed by atoms with Gasteiger partial charge in [0.15, 0.2) is 0 Å². The maximum Gasteiger partial charge on any atom is 0.260 e. The van der Waals surface area contributed by atoms with Gasteiger partial charge < -0.3 is 15.4 Å². The average Bonchev–Trinajstić information content (AvgIpc) is 3.33. The standard InChI is InChI=1S/C26H27N3O2S2/c1-25(2)14-16-20(23-27-17-11-7-9-13-19(17)32-23)24(33-21(16)26(3,4)29-25)28-22(30)15-10-6-8-12-18(15)31-5/h6-13,29H,14H2,1-5H3,(H,28,30). The highest BCUT2D eigenvalue weighted by atomic mass is 32.1.